The van der Waals surface area contributed by atoms with Crippen LogP contribution in [0, 0.1) is 0 Å². The summed E-state index contributed by atoms with van der Waals surface area (Å²) in [5.41, 5.74) is 16.2. The number of nitrogens with zero attached hydrogens (tertiary/aromatic N) is 2. The van der Waals surface area contributed by atoms with Crippen LogP contribution in [0.5, 0.6) is 0 Å². The van der Waals surface area contributed by atoms with E-state index in [1.165, 1.54) is 38.9 Å². The Bertz CT molecular complexity index is 2620. The van der Waals surface area contributed by atoms with Gasteiger partial charge >= 0.3 is 0 Å². The van der Waals surface area contributed by atoms with Crippen molar-refractivity contribution < 1.29 is 0 Å². The summed E-state index contributed by atoms with van der Waals surface area (Å²) in [4.78, 5) is 4.66. The largest absolute Gasteiger partial charge is 0.311 e. The lowest BCUT2D eigenvalue weighted by molar-refractivity contribution is 1.28. The highest BCUT2D eigenvalue weighted by molar-refractivity contribution is 5.89. The van der Waals surface area contributed by atoms with Gasteiger partial charge in [0.05, 0.1) is 5.69 Å². The van der Waals surface area contributed by atoms with Gasteiger partial charge in [-0.05, 0) is 106 Å². The maximum absolute atomic E-state index is 2.35. The van der Waals surface area contributed by atoms with Crippen LogP contribution in [0.3, 0.4) is 0 Å². The first-order valence-electron chi connectivity index (χ1n) is 19.1. The second-order valence-corrected chi connectivity index (χ2v) is 13.8. The van der Waals surface area contributed by atoms with Crippen LogP contribution in [0.15, 0.2) is 243 Å². The average molecular weight is 717 g/mol. The third kappa shape index (κ3) is 7.24. The molecule has 0 aliphatic carbocycles. The Labute approximate surface area is 329 Å². The molecule has 0 radical (unpaired) electrons. The Kier molecular flexibility index (Phi) is 9.75. The van der Waals surface area contributed by atoms with Gasteiger partial charge in [-0.3, -0.25) is 0 Å². The number of anilines is 6. The van der Waals surface area contributed by atoms with Gasteiger partial charge in [-0.1, -0.05) is 176 Å². The summed E-state index contributed by atoms with van der Waals surface area (Å²) in [6.07, 6.45) is 0. The van der Waals surface area contributed by atoms with E-state index in [-0.39, 0.29) is 0 Å². The minimum absolute atomic E-state index is 1.11. The van der Waals surface area contributed by atoms with E-state index in [2.05, 4.69) is 252 Å². The van der Waals surface area contributed by atoms with Gasteiger partial charge in [0.25, 0.3) is 0 Å². The smallest absolute Gasteiger partial charge is 0.0540 e. The summed E-state index contributed by atoms with van der Waals surface area (Å²) in [5, 5.41) is 0. The molecule has 0 spiro atoms. The minimum Gasteiger partial charge on any atom is -0.311 e. The molecule has 9 rings (SSSR count). The lowest BCUT2D eigenvalue weighted by Crippen LogP contribution is -2.11. The van der Waals surface area contributed by atoms with E-state index >= 15 is 0 Å². The third-order valence-electron chi connectivity index (χ3n) is 10.3. The number of hydrogen-bond acceptors (Lipinski definition) is 2. The lowest BCUT2D eigenvalue weighted by Gasteiger charge is -2.28. The molecule has 2 nitrogen and oxygen atoms in total. The van der Waals surface area contributed by atoms with E-state index in [0.29, 0.717) is 0 Å². The molecule has 56 heavy (non-hydrogen) atoms. The van der Waals surface area contributed by atoms with Crippen molar-refractivity contribution in [1.29, 1.82) is 0 Å². The minimum atomic E-state index is 1.11. The Balaban J connectivity index is 1.01. The topological polar surface area (TPSA) is 6.48 Å². The average Bonchev–Trinajstić information content (AvgIpc) is 3.29. The predicted molar refractivity (Wildman–Crippen MR) is 238 cm³/mol. The van der Waals surface area contributed by atoms with Gasteiger partial charge in [-0.2, -0.15) is 0 Å². The van der Waals surface area contributed by atoms with Gasteiger partial charge in [0.15, 0.2) is 0 Å². The van der Waals surface area contributed by atoms with Crippen LogP contribution in [0.25, 0.3) is 44.5 Å². The summed E-state index contributed by atoms with van der Waals surface area (Å²) < 4.78 is 0. The van der Waals surface area contributed by atoms with Gasteiger partial charge in [-0.15, -0.1) is 0 Å². The maximum Gasteiger partial charge on any atom is 0.0540 e. The second kappa shape index (κ2) is 15.9. The molecular formula is C54H40N2. The van der Waals surface area contributed by atoms with E-state index in [4.69, 9.17) is 0 Å². The van der Waals surface area contributed by atoms with Crippen LogP contribution < -0.4 is 9.80 Å². The zero-order chi connectivity index (χ0) is 37.5. The molecule has 0 aliphatic rings. The molecule has 9 aromatic carbocycles. The molecule has 0 aromatic heterocycles. The van der Waals surface area contributed by atoms with Crippen molar-refractivity contribution in [1.82, 2.24) is 0 Å². The van der Waals surface area contributed by atoms with Crippen molar-refractivity contribution in [2.45, 2.75) is 0 Å². The summed E-state index contributed by atoms with van der Waals surface area (Å²) >= 11 is 0. The fraction of sp³-hybridized carbons (Fsp3) is 0. The number of para-hydroxylation sites is 3. The van der Waals surface area contributed by atoms with Crippen LogP contribution in [0.4, 0.5) is 34.1 Å². The van der Waals surface area contributed by atoms with E-state index in [9.17, 15) is 0 Å². The summed E-state index contributed by atoms with van der Waals surface area (Å²) in [6.45, 7) is 0. The summed E-state index contributed by atoms with van der Waals surface area (Å²) in [5.74, 6) is 0. The molecule has 0 fully saturated rings. The quantitative estimate of drug-likeness (QED) is 0.139. The molecule has 0 saturated carbocycles. The van der Waals surface area contributed by atoms with Crippen LogP contribution in [0.1, 0.15) is 0 Å². The van der Waals surface area contributed by atoms with Crippen LogP contribution in [-0.4, -0.2) is 0 Å². The third-order valence-corrected chi connectivity index (χ3v) is 10.3. The van der Waals surface area contributed by atoms with Crippen molar-refractivity contribution in [2.24, 2.45) is 0 Å². The molecule has 266 valence electrons. The number of hydrogen-bond donors (Lipinski definition) is 0. The molecule has 0 N–H and O–H groups in total. The van der Waals surface area contributed by atoms with Gasteiger partial charge in [0.2, 0.25) is 0 Å². The zero-order valence-corrected chi connectivity index (χ0v) is 31.0. The van der Waals surface area contributed by atoms with Crippen molar-refractivity contribution >= 4 is 34.1 Å². The molecule has 0 amide bonds. The fourth-order valence-electron chi connectivity index (χ4n) is 7.45. The Morgan fingerprint density at radius 1 is 0.179 bits per heavy atom. The molecule has 0 heterocycles. The predicted octanol–water partition coefficient (Wildman–Crippen LogP) is 15.3. The van der Waals surface area contributed by atoms with Gasteiger partial charge in [0.1, 0.15) is 0 Å². The standard InChI is InChI=1S/C54H40N2/c1-5-15-41(16-6-1)44-29-35-50(36-30-44)55(48-19-9-3-10-20-48)51-37-31-46(32-38-51)43-25-27-47(28-26-43)53-23-13-14-24-54(53)56(49-21-11-4-12-22-49)52-39-33-45(34-40-52)42-17-7-2-8-18-42/h1-40H. The van der Waals surface area contributed by atoms with Crippen molar-refractivity contribution in [3.05, 3.63) is 243 Å². The molecular weight excluding hydrogens is 677 g/mol. The zero-order valence-electron chi connectivity index (χ0n) is 31.0. The second-order valence-electron chi connectivity index (χ2n) is 13.8. The van der Waals surface area contributed by atoms with Crippen molar-refractivity contribution in [3.8, 4) is 44.5 Å². The fourth-order valence-corrected chi connectivity index (χ4v) is 7.45. The molecule has 0 atom stereocenters. The Hall–Kier alpha value is -7.42. The van der Waals surface area contributed by atoms with Gasteiger partial charge < -0.3 is 9.80 Å². The van der Waals surface area contributed by atoms with E-state index < -0.39 is 0 Å². The van der Waals surface area contributed by atoms with E-state index in [1.807, 2.05) is 0 Å². The Morgan fingerprint density at radius 3 is 0.875 bits per heavy atom. The molecule has 0 aliphatic heterocycles. The SMILES string of the molecule is c1ccc(-c2ccc(N(c3ccccc3)c3ccc(-c4ccc(-c5ccccc5N(c5ccccc5)c5ccc(-c6ccccc6)cc5)cc4)cc3)cc2)cc1. The van der Waals surface area contributed by atoms with Crippen LogP contribution >= 0.6 is 0 Å². The highest BCUT2D eigenvalue weighted by Gasteiger charge is 2.18. The molecule has 0 bridgehead atoms. The summed E-state index contributed by atoms with van der Waals surface area (Å²) in [7, 11) is 0. The van der Waals surface area contributed by atoms with Crippen molar-refractivity contribution in [3.63, 3.8) is 0 Å². The lowest BCUT2D eigenvalue weighted by atomic mass is 9.98. The highest BCUT2D eigenvalue weighted by atomic mass is 15.1. The maximum atomic E-state index is 2.35. The first-order valence-corrected chi connectivity index (χ1v) is 19.1. The molecule has 0 saturated heterocycles. The number of rotatable bonds is 10. The normalized spacial score (nSPS) is 10.9. The first kappa shape index (κ1) is 34.4. The van der Waals surface area contributed by atoms with E-state index in [0.717, 1.165) is 39.7 Å². The van der Waals surface area contributed by atoms with E-state index in [1.54, 1.807) is 0 Å². The van der Waals surface area contributed by atoms with Gasteiger partial charge in [0, 0.05) is 34.0 Å². The first-order chi connectivity index (χ1) is 27.8. The highest BCUT2D eigenvalue weighted by Crippen LogP contribution is 2.42. The van der Waals surface area contributed by atoms with Gasteiger partial charge in [-0.25, -0.2) is 0 Å². The van der Waals surface area contributed by atoms with Crippen LogP contribution in [-0.2, 0) is 0 Å². The Morgan fingerprint density at radius 2 is 0.446 bits per heavy atom. The molecule has 9 aromatic rings. The molecule has 2 heteroatoms. The van der Waals surface area contributed by atoms with Crippen LogP contribution in [0.2, 0.25) is 0 Å². The monoisotopic (exact) mass is 716 g/mol. The molecule has 0 unspecified atom stereocenters. The summed E-state index contributed by atoms with van der Waals surface area (Å²) in [6, 6.07) is 86.5. The number of benzene rings is 9. The van der Waals surface area contributed by atoms with Crippen molar-refractivity contribution in [2.75, 3.05) is 9.80 Å².